The van der Waals surface area contributed by atoms with Crippen molar-refractivity contribution in [3.05, 3.63) is 29.6 Å². The Morgan fingerprint density at radius 1 is 1.15 bits per heavy atom. The third-order valence-corrected chi connectivity index (χ3v) is 5.35. The SMILES string of the molecule is C[Si](C)c1c(-c2cccs2)ccc(OC(C)(C)C)c1N. The highest BCUT2D eigenvalue weighted by Crippen LogP contribution is 2.31. The second-order valence-corrected chi connectivity index (χ2v) is 9.54. The minimum atomic E-state index is -0.672. The molecule has 0 aliphatic heterocycles. The first-order chi connectivity index (χ1) is 9.29. The van der Waals surface area contributed by atoms with Gasteiger partial charge in [-0.3, -0.25) is 0 Å². The molecule has 0 bridgehead atoms. The van der Waals surface area contributed by atoms with E-state index in [2.05, 4.69) is 36.7 Å². The van der Waals surface area contributed by atoms with Crippen molar-refractivity contribution in [2.24, 2.45) is 0 Å². The van der Waals surface area contributed by atoms with Crippen molar-refractivity contribution in [3.8, 4) is 16.2 Å². The van der Waals surface area contributed by atoms with Gasteiger partial charge in [0.25, 0.3) is 0 Å². The molecule has 0 atom stereocenters. The van der Waals surface area contributed by atoms with Gasteiger partial charge < -0.3 is 10.5 Å². The van der Waals surface area contributed by atoms with Crippen LogP contribution in [0.1, 0.15) is 20.8 Å². The van der Waals surface area contributed by atoms with Gasteiger partial charge in [-0.2, -0.15) is 0 Å². The van der Waals surface area contributed by atoms with Gasteiger partial charge in [-0.15, -0.1) is 11.3 Å². The summed E-state index contributed by atoms with van der Waals surface area (Å²) in [7, 11) is -0.672. The Morgan fingerprint density at radius 2 is 1.85 bits per heavy atom. The molecule has 2 rings (SSSR count). The Labute approximate surface area is 127 Å². The van der Waals surface area contributed by atoms with Gasteiger partial charge in [0.2, 0.25) is 0 Å². The molecule has 0 saturated carbocycles. The van der Waals surface area contributed by atoms with Crippen LogP contribution in [0.4, 0.5) is 5.69 Å². The summed E-state index contributed by atoms with van der Waals surface area (Å²) in [4.78, 5) is 1.28. The highest BCUT2D eigenvalue weighted by Gasteiger charge is 2.20. The number of thiophene rings is 1. The number of hydrogen-bond donors (Lipinski definition) is 1. The van der Waals surface area contributed by atoms with Gasteiger partial charge in [0.15, 0.2) is 0 Å². The van der Waals surface area contributed by atoms with Crippen LogP contribution in [0.3, 0.4) is 0 Å². The molecule has 1 heterocycles. The Morgan fingerprint density at radius 3 is 2.35 bits per heavy atom. The van der Waals surface area contributed by atoms with E-state index in [0.29, 0.717) is 0 Å². The van der Waals surface area contributed by atoms with Crippen LogP contribution in [-0.4, -0.2) is 14.4 Å². The zero-order valence-corrected chi connectivity index (χ0v) is 14.6. The summed E-state index contributed by atoms with van der Waals surface area (Å²) in [6.07, 6.45) is 0. The number of hydrogen-bond acceptors (Lipinski definition) is 3. The predicted octanol–water partition coefficient (Wildman–Crippen LogP) is 4.14. The topological polar surface area (TPSA) is 35.2 Å². The Kier molecular flexibility index (Phi) is 4.25. The van der Waals surface area contributed by atoms with Crippen molar-refractivity contribution >= 4 is 31.0 Å². The zero-order chi connectivity index (χ0) is 14.9. The quantitative estimate of drug-likeness (QED) is 0.683. The lowest BCUT2D eigenvalue weighted by Crippen LogP contribution is -2.30. The molecule has 2 aromatic rings. The minimum absolute atomic E-state index is 0.232. The first-order valence-corrected chi connectivity index (χ1v) is 10.1. The molecule has 2 N–H and O–H groups in total. The van der Waals surface area contributed by atoms with Crippen molar-refractivity contribution < 1.29 is 4.74 Å². The van der Waals surface area contributed by atoms with E-state index in [1.165, 1.54) is 15.6 Å². The smallest absolute Gasteiger partial charge is 0.142 e. The summed E-state index contributed by atoms with van der Waals surface area (Å²) in [6.45, 7) is 10.7. The largest absolute Gasteiger partial charge is 0.486 e. The molecule has 0 aliphatic carbocycles. The number of anilines is 1. The Bertz CT molecular complexity index is 585. The van der Waals surface area contributed by atoms with Crippen LogP contribution >= 0.6 is 11.3 Å². The fourth-order valence-electron chi connectivity index (χ4n) is 2.20. The van der Waals surface area contributed by atoms with Crippen LogP contribution in [0.15, 0.2) is 29.6 Å². The van der Waals surface area contributed by atoms with Gasteiger partial charge >= 0.3 is 0 Å². The monoisotopic (exact) mass is 304 g/mol. The number of nitrogens with two attached hydrogens (primary N) is 1. The molecular weight excluding hydrogens is 282 g/mol. The van der Waals surface area contributed by atoms with E-state index >= 15 is 0 Å². The number of benzene rings is 1. The fourth-order valence-corrected chi connectivity index (χ4v) is 4.46. The highest BCUT2D eigenvalue weighted by atomic mass is 32.1. The summed E-state index contributed by atoms with van der Waals surface area (Å²) < 4.78 is 5.99. The summed E-state index contributed by atoms with van der Waals surface area (Å²) >= 11 is 1.76. The number of ether oxygens (including phenoxy) is 1. The molecule has 0 aliphatic rings. The van der Waals surface area contributed by atoms with E-state index in [0.717, 1.165) is 11.4 Å². The van der Waals surface area contributed by atoms with E-state index in [4.69, 9.17) is 10.5 Å². The van der Waals surface area contributed by atoms with Crippen molar-refractivity contribution in [2.45, 2.75) is 39.5 Å². The Balaban J connectivity index is 2.55. The van der Waals surface area contributed by atoms with Gasteiger partial charge in [-0.25, -0.2) is 0 Å². The molecular formula is C16H22NOSSi. The van der Waals surface area contributed by atoms with Gasteiger partial charge in [0, 0.05) is 4.88 Å². The van der Waals surface area contributed by atoms with Crippen molar-refractivity contribution in [1.82, 2.24) is 0 Å². The van der Waals surface area contributed by atoms with E-state index in [9.17, 15) is 0 Å². The standard InChI is InChI=1S/C16H22NOSSi/c1-16(2,3)18-12-9-8-11(13-7-6-10-19-13)15(14(12)17)20(4)5/h6-10H,17H2,1-5H3. The maximum absolute atomic E-state index is 6.40. The Hall–Kier alpha value is -1.26. The molecule has 0 amide bonds. The second-order valence-electron chi connectivity index (χ2n) is 6.09. The second kappa shape index (κ2) is 5.62. The highest BCUT2D eigenvalue weighted by molar-refractivity contribution is 7.13. The summed E-state index contributed by atoms with van der Waals surface area (Å²) in [6, 6.07) is 8.38. The average molecular weight is 305 g/mol. The molecule has 0 spiro atoms. The summed E-state index contributed by atoms with van der Waals surface area (Å²) in [5, 5.41) is 3.38. The molecule has 1 aromatic carbocycles. The molecule has 0 saturated heterocycles. The van der Waals surface area contributed by atoms with Gasteiger partial charge in [-0.05, 0) is 55.1 Å². The molecule has 2 nitrogen and oxygen atoms in total. The lowest BCUT2D eigenvalue weighted by atomic mass is 10.1. The fraction of sp³-hybridized carbons (Fsp3) is 0.375. The molecule has 20 heavy (non-hydrogen) atoms. The molecule has 107 valence electrons. The van der Waals surface area contributed by atoms with Crippen molar-refractivity contribution in [3.63, 3.8) is 0 Å². The van der Waals surface area contributed by atoms with E-state index in [1.54, 1.807) is 11.3 Å². The molecule has 0 fully saturated rings. The predicted molar refractivity (Wildman–Crippen MR) is 91.7 cm³/mol. The number of rotatable bonds is 3. The van der Waals surface area contributed by atoms with Crippen LogP contribution in [0.25, 0.3) is 10.4 Å². The van der Waals surface area contributed by atoms with E-state index < -0.39 is 8.80 Å². The van der Waals surface area contributed by atoms with Crippen LogP contribution in [0.2, 0.25) is 13.1 Å². The maximum atomic E-state index is 6.40. The maximum Gasteiger partial charge on any atom is 0.142 e. The van der Waals surface area contributed by atoms with Gasteiger partial charge in [0.05, 0.1) is 14.5 Å². The van der Waals surface area contributed by atoms with Crippen LogP contribution in [0, 0.1) is 0 Å². The first-order valence-electron chi connectivity index (χ1n) is 6.75. The minimum Gasteiger partial charge on any atom is -0.486 e. The number of nitrogen functional groups attached to an aromatic ring is 1. The average Bonchev–Trinajstić information content (AvgIpc) is 2.82. The molecule has 0 unspecified atom stereocenters. The lowest BCUT2D eigenvalue weighted by molar-refractivity contribution is 0.132. The van der Waals surface area contributed by atoms with Crippen LogP contribution in [-0.2, 0) is 0 Å². The molecule has 1 radical (unpaired) electrons. The van der Waals surface area contributed by atoms with E-state index in [1.807, 2.05) is 26.8 Å². The third-order valence-electron chi connectivity index (χ3n) is 2.91. The third kappa shape index (κ3) is 3.25. The zero-order valence-electron chi connectivity index (χ0n) is 12.8. The van der Waals surface area contributed by atoms with Gasteiger partial charge in [0.1, 0.15) is 11.4 Å². The van der Waals surface area contributed by atoms with Crippen molar-refractivity contribution in [1.29, 1.82) is 0 Å². The molecule has 4 heteroatoms. The van der Waals surface area contributed by atoms with Crippen LogP contribution in [0.5, 0.6) is 5.75 Å². The van der Waals surface area contributed by atoms with E-state index in [-0.39, 0.29) is 5.60 Å². The molecule has 1 aromatic heterocycles. The van der Waals surface area contributed by atoms with Crippen molar-refractivity contribution in [2.75, 3.05) is 5.73 Å². The van der Waals surface area contributed by atoms with Gasteiger partial charge in [-0.1, -0.05) is 19.2 Å². The lowest BCUT2D eigenvalue weighted by Gasteiger charge is -2.25. The van der Waals surface area contributed by atoms with Crippen LogP contribution < -0.4 is 15.7 Å². The summed E-state index contributed by atoms with van der Waals surface area (Å²) in [5.41, 5.74) is 8.24. The first kappa shape index (κ1) is 15.1. The summed E-state index contributed by atoms with van der Waals surface area (Å²) in [5.74, 6) is 0.805. The normalized spacial score (nSPS) is 11.9.